The van der Waals surface area contributed by atoms with Crippen LogP contribution in [0.4, 0.5) is 0 Å². The Kier molecular flexibility index (Phi) is 5.02. The summed E-state index contributed by atoms with van der Waals surface area (Å²) in [5.41, 5.74) is 5.75. The summed E-state index contributed by atoms with van der Waals surface area (Å²) < 4.78 is 5.72. The Morgan fingerprint density at radius 1 is 1.39 bits per heavy atom. The highest BCUT2D eigenvalue weighted by atomic mass is 16.5. The molecule has 0 heterocycles. The Bertz CT molecular complexity index is 286. The highest BCUT2D eigenvalue weighted by Crippen LogP contribution is 2.34. The lowest BCUT2D eigenvalue weighted by atomic mass is 9.79. The molecule has 1 aliphatic carbocycles. The van der Waals surface area contributed by atoms with Crippen molar-refractivity contribution in [1.29, 1.82) is 0 Å². The van der Waals surface area contributed by atoms with E-state index in [4.69, 9.17) is 10.5 Å². The number of nitrogens with zero attached hydrogens (tertiary/aromatic N) is 1. The van der Waals surface area contributed by atoms with Crippen molar-refractivity contribution in [2.45, 2.75) is 64.5 Å². The maximum absolute atomic E-state index is 5.90. The van der Waals surface area contributed by atoms with Crippen LogP contribution in [-0.4, -0.2) is 30.8 Å². The van der Waals surface area contributed by atoms with Gasteiger partial charge in [0.1, 0.15) is 0 Å². The Morgan fingerprint density at radius 3 is 2.39 bits per heavy atom. The number of ether oxygens (including phenoxy) is 1. The molecule has 0 aliphatic heterocycles. The molecule has 1 aliphatic rings. The smallest absolute Gasteiger partial charge is 0.189 e. The number of hydrogen-bond donors (Lipinski definition) is 2. The molecule has 1 fully saturated rings. The van der Waals surface area contributed by atoms with Crippen LogP contribution in [0, 0.1) is 5.92 Å². The average molecular weight is 255 g/mol. The molecule has 0 aromatic carbocycles. The summed E-state index contributed by atoms with van der Waals surface area (Å²) in [6.45, 7) is 9.18. The van der Waals surface area contributed by atoms with Gasteiger partial charge in [-0.3, -0.25) is 4.99 Å². The minimum Gasteiger partial charge on any atom is -0.376 e. The van der Waals surface area contributed by atoms with Gasteiger partial charge in [-0.15, -0.1) is 0 Å². The standard InChI is InChI=1S/C14H29N3O/c1-11-6-8-14(18-5,9-7-11)10-16-12(15)17-13(2,3)4/h11H,6-10H2,1-5H3,(H3,15,16,17). The SMILES string of the molecule is COC1(CN=C(N)NC(C)(C)C)CCC(C)CC1. The predicted molar refractivity (Wildman–Crippen MR) is 76.8 cm³/mol. The quantitative estimate of drug-likeness (QED) is 0.601. The van der Waals surface area contributed by atoms with E-state index in [-0.39, 0.29) is 11.1 Å². The highest BCUT2D eigenvalue weighted by Gasteiger charge is 2.34. The van der Waals surface area contributed by atoms with Gasteiger partial charge in [-0.05, 0) is 52.4 Å². The van der Waals surface area contributed by atoms with E-state index >= 15 is 0 Å². The monoisotopic (exact) mass is 255 g/mol. The van der Waals surface area contributed by atoms with Gasteiger partial charge in [0.25, 0.3) is 0 Å². The van der Waals surface area contributed by atoms with Crippen LogP contribution in [0.25, 0.3) is 0 Å². The predicted octanol–water partition coefficient (Wildman–Crippen LogP) is 2.28. The van der Waals surface area contributed by atoms with Crippen LogP contribution >= 0.6 is 0 Å². The van der Waals surface area contributed by atoms with E-state index in [9.17, 15) is 0 Å². The maximum Gasteiger partial charge on any atom is 0.189 e. The second-order valence-corrected chi connectivity index (χ2v) is 6.65. The minimum atomic E-state index is -0.101. The summed E-state index contributed by atoms with van der Waals surface area (Å²) in [4.78, 5) is 4.46. The van der Waals surface area contributed by atoms with Crippen molar-refractivity contribution < 1.29 is 4.74 Å². The van der Waals surface area contributed by atoms with Gasteiger partial charge in [-0.1, -0.05) is 6.92 Å². The molecule has 4 heteroatoms. The number of rotatable bonds is 3. The summed E-state index contributed by atoms with van der Waals surface area (Å²) in [7, 11) is 1.79. The molecule has 4 nitrogen and oxygen atoms in total. The lowest BCUT2D eigenvalue weighted by molar-refractivity contribution is -0.0394. The summed E-state index contributed by atoms with van der Waals surface area (Å²) in [6, 6.07) is 0. The van der Waals surface area contributed by atoms with Crippen molar-refractivity contribution in [2.24, 2.45) is 16.6 Å². The van der Waals surface area contributed by atoms with Crippen molar-refractivity contribution in [3.05, 3.63) is 0 Å². The highest BCUT2D eigenvalue weighted by molar-refractivity contribution is 5.78. The Balaban J connectivity index is 2.56. The van der Waals surface area contributed by atoms with Gasteiger partial charge in [-0.2, -0.15) is 0 Å². The molecule has 3 N–H and O–H groups in total. The second-order valence-electron chi connectivity index (χ2n) is 6.65. The normalized spacial score (nSPS) is 30.3. The fourth-order valence-electron chi connectivity index (χ4n) is 2.37. The molecule has 0 bridgehead atoms. The number of nitrogens with two attached hydrogens (primary N) is 1. The second kappa shape index (κ2) is 5.91. The first-order valence-corrected chi connectivity index (χ1v) is 6.90. The molecule has 1 rings (SSSR count). The van der Waals surface area contributed by atoms with Crippen LogP contribution in [0.3, 0.4) is 0 Å². The molecular weight excluding hydrogens is 226 g/mol. The molecule has 0 atom stereocenters. The minimum absolute atomic E-state index is 0.0467. The molecular formula is C14H29N3O. The lowest BCUT2D eigenvalue weighted by Gasteiger charge is -2.37. The van der Waals surface area contributed by atoms with Gasteiger partial charge in [-0.25, -0.2) is 0 Å². The number of methoxy groups -OCH3 is 1. The molecule has 1 saturated carbocycles. The van der Waals surface area contributed by atoms with E-state index in [0.29, 0.717) is 12.5 Å². The molecule has 0 unspecified atom stereocenters. The fourth-order valence-corrected chi connectivity index (χ4v) is 2.37. The Labute approximate surface area is 111 Å². The number of nitrogens with one attached hydrogen (secondary N) is 1. The van der Waals surface area contributed by atoms with E-state index in [0.717, 1.165) is 18.8 Å². The molecule has 0 aromatic rings. The van der Waals surface area contributed by atoms with Crippen LogP contribution in [0.5, 0.6) is 0 Å². The van der Waals surface area contributed by atoms with Gasteiger partial charge in [0.05, 0.1) is 12.1 Å². The first-order valence-electron chi connectivity index (χ1n) is 6.90. The molecule has 18 heavy (non-hydrogen) atoms. The van der Waals surface area contributed by atoms with Crippen LogP contribution in [0.2, 0.25) is 0 Å². The van der Waals surface area contributed by atoms with Gasteiger partial charge in [0.15, 0.2) is 5.96 Å². The van der Waals surface area contributed by atoms with Crippen LogP contribution in [0.15, 0.2) is 4.99 Å². The molecule has 0 radical (unpaired) electrons. The van der Waals surface area contributed by atoms with Gasteiger partial charge < -0.3 is 15.8 Å². The number of hydrogen-bond acceptors (Lipinski definition) is 2. The van der Waals surface area contributed by atoms with E-state index in [1.54, 1.807) is 7.11 Å². The first kappa shape index (κ1) is 15.3. The zero-order chi connectivity index (χ0) is 13.8. The third-order valence-electron chi connectivity index (χ3n) is 3.66. The van der Waals surface area contributed by atoms with E-state index in [1.165, 1.54) is 12.8 Å². The third kappa shape index (κ3) is 4.84. The molecule has 0 amide bonds. The zero-order valence-corrected chi connectivity index (χ0v) is 12.5. The van der Waals surface area contributed by atoms with Gasteiger partial charge in [0, 0.05) is 12.6 Å². The summed E-state index contributed by atoms with van der Waals surface area (Å²) in [5, 5.41) is 3.18. The maximum atomic E-state index is 5.90. The number of aliphatic imine (C=N–C) groups is 1. The summed E-state index contributed by atoms with van der Waals surface area (Å²) in [5.74, 6) is 1.32. The molecule has 0 aromatic heterocycles. The Hall–Kier alpha value is -0.770. The van der Waals surface area contributed by atoms with E-state index in [1.807, 2.05) is 0 Å². The molecule has 106 valence electrons. The largest absolute Gasteiger partial charge is 0.376 e. The van der Waals surface area contributed by atoms with Crippen molar-refractivity contribution in [3.63, 3.8) is 0 Å². The van der Waals surface area contributed by atoms with Crippen molar-refractivity contribution in [3.8, 4) is 0 Å². The topological polar surface area (TPSA) is 59.6 Å². The van der Waals surface area contributed by atoms with Crippen LogP contribution in [0.1, 0.15) is 53.4 Å². The van der Waals surface area contributed by atoms with Gasteiger partial charge >= 0.3 is 0 Å². The zero-order valence-electron chi connectivity index (χ0n) is 12.5. The number of guanidine groups is 1. The molecule has 0 saturated heterocycles. The molecule has 0 spiro atoms. The van der Waals surface area contributed by atoms with E-state index < -0.39 is 0 Å². The van der Waals surface area contributed by atoms with Crippen molar-refractivity contribution >= 4 is 5.96 Å². The Morgan fingerprint density at radius 2 is 1.94 bits per heavy atom. The lowest BCUT2D eigenvalue weighted by Crippen LogP contribution is -2.46. The average Bonchev–Trinajstić information content (AvgIpc) is 2.27. The van der Waals surface area contributed by atoms with Gasteiger partial charge in [0.2, 0.25) is 0 Å². The summed E-state index contributed by atoms with van der Waals surface area (Å²) in [6.07, 6.45) is 4.60. The van der Waals surface area contributed by atoms with Crippen LogP contribution < -0.4 is 11.1 Å². The first-order chi connectivity index (χ1) is 8.26. The fraction of sp³-hybridized carbons (Fsp3) is 0.929. The third-order valence-corrected chi connectivity index (χ3v) is 3.66. The van der Waals surface area contributed by atoms with E-state index in [2.05, 4.69) is 38.0 Å². The van der Waals surface area contributed by atoms with Crippen LogP contribution in [-0.2, 0) is 4.74 Å². The summed E-state index contributed by atoms with van der Waals surface area (Å²) >= 11 is 0. The van der Waals surface area contributed by atoms with Crippen molar-refractivity contribution in [1.82, 2.24) is 5.32 Å². The van der Waals surface area contributed by atoms with Crippen molar-refractivity contribution in [2.75, 3.05) is 13.7 Å².